The summed E-state index contributed by atoms with van der Waals surface area (Å²) >= 11 is 0. The molecule has 0 aromatic carbocycles. The first-order valence-electron chi connectivity index (χ1n) is 9.39. The van der Waals surface area contributed by atoms with Crippen molar-refractivity contribution in [3.63, 3.8) is 0 Å². The van der Waals surface area contributed by atoms with E-state index in [9.17, 15) is 4.79 Å². The van der Waals surface area contributed by atoms with Crippen LogP contribution in [0.25, 0.3) is 0 Å². The zero-order valence-electron chi connectivity index (χ0n) is 17.1. The summed E-state index contributed by atoms with van der Waals surface area (Å²) in [6.07, 6.45) is 6.55. The molecule has 0 saturated heterocycles. The number of hydrazone groups is 1. The lowest BCUT2D eigenvalue weighted by atomic mass is 10.2. The third-order valence-corrected chi connectivity index (χ3v) is 3.25. The molecule has 0 atom stereocenters. The maximum Gasteiger partial charge on any atom is 0.252 e. The Morgan fingerprint density at radius 1 is 1.03 bits per heavy atom. The van der Waals surface area contributed by atoms with Crippen molar-refractivity contribution >= 4 is 17.4 Å². The van der Waals surface area contributed by atoms with Crippen molar-refractivity contribution in [2.75, 3.05) is 64.8 Å². The molecule has 9 nitrogen and oxygen atoms in total. The molecule has 1 rings (SSSR count). The summed E-state index contributed by atoms with van der Waals surface area (Å²) in [4.78, 5) is 16.2. The molecule has 0 spiro atoms. The molecule has 0 bridgehead atoms. The first kappa shape index (κ1) is 24.5. The van der Waals surface area contributed by atoms with Crippen LogP contribution in [-0.4, -0.2) is 76.0 Å². The molecule has 9 heteroatoms. The van der Waals surface area contributed by atoms with Crippen LogP contribution in [0.4, 0.5) is 5.82 Å². The number of terminal acetylenes is 1. The van der Waals surface area contributed by atoms with Gasteiger partial charge in [-0.25, -0.2) is 4.98 Å². The number of pyridine rings is 1. The summed E-state index contributed by atoms with van der Waals surface area (Å²) in [5.41, 5.74) is 4.16. The Kier molecular flexibility index (Phi) is 13.9. The van der Waals surface area contributed by atoms with Crippen LogP contribution < -0.4 is 10.7 Å². The van der Waals surface area contributed by atoms with Crippen molar-refractivity contribution in [1.82, 2.24) is 10.3 Å². The molecule has 0 unspecified atom stereocenters. The van der Waals surface area contributed by atoms with E-state index in [0.29, 0.717) is 70.8 Å². The highest BCUT2D eigenvalue weighted by Gasteiger charge is 2.05. The molecule has 1 heterocycles. The van der Waals surface area contributed by atoms with Gasteiger partial charge >= 0.3 is 0 Å². The number of carbonyl (C=O) groups is 1. The van der Waals surface area contributed by atoms with Gasteiger partial charge in [-0.3, -0.25) is 10.2 Å². The number of amides is 1. The molecule has 0 saturated carbocycles. The van der Waals surface area contributed by atoms with Crippen LogP contribution in [-0.2, 0) is 18.9 Å². The van der Waals surface area contributed by atoms with Gasteiger partial charge in [0.2, 0.25) is 0 Å². The highest BCUT2D eigenvalue weighted by Crippen LogP contribution is 2.05. The molecule has 0 aliphatic carbocycles. The van der Waals surface area contributed by atoms with Crippen LogP contribution >= 0.6 is 0 Å². The summed E-state index contributed by atoms with van der Waals surface area (Å²) < 4.78 is 21.1. The minimum Gasteiger partial charge on any atom is -0.377 e. The molecule has 1 amide bonds. The first-order chi connectivity index (χ1) is 14.1. The van der Waals surface area contributed by atoms with Gasteiger partial charge in [0.15, 0.2) is 0 Å². The van der Waals surface area contributed by atoms with Crippen molar-refractivity contribution in [2.24, 2.45) is 5.10 Å². The predicted octanol–water partition coefficient (Wildman–Crippen LogP) is 1.32. The second kappa shape index (κ2) is 16.4. The molecular formula is C20H30N4O5. The zero-order chi connectivity index (χ0) is 21.2. The standard InChI is InChI=1S/C20H30N4O5/c1-4-8-26-10-12-28-14-15-29-13-11-27-9-7-21-20(25)18-5-6-19(22-16-18)24-23-17(2)3/h1,5-6,16H,7-15H2,2-3H3,(H,21,25)(H,22,24). The maximum absolute atomic E-state index is 12.0. The van der Waals surface area contributed by atoms with Crippen molar-refractivity contribution < 1.29 is 23.7 Å². The largest absolute Gasteiger partial charge is 0.377 e. The van der Waals surface area contributed by atoms with Crippen LogP contribution in [0.1, 0.15) is 24.2 Å². The highest BCUT2D eigenvalue weighted by atomic mass is 16.6. The van der Waals surface area contributed by atoms with Gasteiger partial charge in [0.05, 0.1) is 51.8 Å². The van der Waals surface area contributed by atoms with Gasteiger partial charge in [-0.15, -0.1) is 6.42 Å². The number of hydrogen-bond acceptors (Lipinski definition) is 8. The van der Waals surface area contributed by atoms with Gasteiger partial charge < -0.3 is 24.3 Å². The molecule has 1 aromatic rings. The maximum atomic E-state index is 12.0. The second-order valence-corrected chi connectivity index (χ2v) is 5.95. The van der Waals surface area contributed by atoms with Gasteiger partial charge in [0.1, 0.15) is 12.4 Å². The molecule has 2 N–H and O–H groups in total. The molecule has 0 radical (unpaired) electrons. The number of aromatic nitrogens is 1. The number of carbonyl (C=O) groups excluding carboxylic acids is 1. The van der Waals surface area contributed by atoms with Gasteiger partial charge in [0.25, 0.3) is 5.91 Å². The average Bonchev–Trinajstić information content (AvgIpc) is 2.72. The van der Waals surface area contributed by atoms with E-state index >= 15 is 0 Å². The Balaban J connectivity index is 1.97. The zero-order valence-corrected chi connectivity index (χ0v) is 17.1. The summed E-state index contributed by atoms with van der Waals surface area (Å²) in [6, 6.07) is 3.38. The normalized spacial score (nSPS) is 10.2. The predicted molar refractivity (Wildman–Crippen MR) is 111 cm³/mol. The smallest absolute Gasteiger partial charge is 0.252 e. The monoisotopic (exact) mass is 406 g/mol. The number of rotatable bonds is 16. The van der Waals surface area contributed by atoms with Crippen LogP contribution in [0.3, 0.4) is 0 Å². The van der Waals surface area contributed by atoms with Crippen LogP contribution in [0.5, 0.6) is 0 Å². The number of ether oxygens (including phenoxy) is 4. The van der Waals surface area contributed by atoms with E-state index < -0.39 is 0 Å². The quantitative estimate of drug-likeness (QED) is 0.185. The topological polar surface area (TPSA) is 103 Å². The number of nitrogens with zero attached hydrogens (tertiary/aromatic N) is 2. The lowest BCUT2D eigenvalue weighted by Crippen LogP contribution is -2.27. The Morgan fingerprint density at radius 2 is 1.66 bits per heavy atom. The van der Waals surface area contributed by atoms with Crippen molar-refractivity contribution in [3.05, 3.63) is 23.9 Å². The Labute approximate surface area is 172 Å². The van der Waals surface area contributed by atoms with E-state index in [-0.39, 0.29) is 5.91 Å². The van der Waals surface area contributed by atoms with E-state index in [1.807, 2.05) is 13.8 Å². The number of hydrogen-bond donors (Lipinski definition) is 2. The van der Waals surface area contributed by atoms with Crippen molar-refractivity contribution in [1.29, 1.82) is 0 Å². The van der Waals surface area contributed by atoms with Gasteiger partial charge in [-0.1, -0.05) is 5.92 Å². The number of anilines is 1. The fraction of sp³-hybridized carbons (Fsp3) is 0.550. The Bertz CT molecular complexity index is 639. The Hall–Kier alpha value is -2.51. The van der Waals surface area contributed by atoms with Crippen molar-refractivity contribution in [2.45, 2.75) is 13.8 Å². The van der Waals surface area contributed by atoms with E-state index in [1.54, 1.807) is 12.1 Å². The third-order valence-electron chi connectivity index (χ3n) is 3.25. The molecule has 160 valence electrons. The molecular weight excluding hydrogens is 376 g/mol. The minimum atomic E-state index is -0.206. The second-order valence-electron chi connectivity index (χ2n) is 5.95. The minimum absolute atomic E-state index is 0.206. The van der Waals surface area contributed by atoms with Gasteiger partial charge in [0, 0.05) is 18.5 Å². The van der Waals surface area contributed by atoms with Gasteiger partial charge in [-0.2, -0.15) is 5.10 Å². The summed E-state index contributed by atoms with van der Waals surface area (Å²) in [6.45, 7) is 7.69. The molecule has 29 heavy (non-hydrogen) atoms. The summed E-state index contributed by atoms with van der Waals surface area (Å²) in [5.74, 6) is 2.75. The Morgan fingerprint density at radius 3 is 2.21 bits per heavy atom. The van der Waals surface area contributed by atoms with E-state index in [0.717, 1.165) is 5.71 Å². The lowest BCUT2D eigenvalue weighted by Gasteiger charge is -2.08. The summed E-state index contributed by atoms with van der Waals surface area (Å²) in [5, 5.41) is 6.82. The molecule has 0 fully saturated rings. The third kappa shape index (κ3) is 13.3. The molecule has 1 aromatic heterocycles. The average molecular weight is 406 g/mol. The summed E-state index contributed by atoms with van der Waals surface area (Å²) in [7, 11) is 0. The lowest BCUT2D eigenvalue weighted by molar-refractivity contribution is 0.00175. The first-order valence-corrected chi connectivity index (χ1v) is 9.39. The van der Waals surface area contributed by atoms with E-state index in [1.165, 1.54) is 6.20 Å². The van der Waals surface area contributed by atoms with E-state index in [2.05, 4.69) is 26.7 Å². The SMILES string of the molecule is C#CCOCCOCCOCCOCCNC(=O)c1ccc(NN=C(C)C)nc1. The van der Waals surface area contributed by atoms with Crippen LogP contribution in [0.15, 0.2) is 23.4 Å². The highest BCUT2D eigenvalue weighted by molar-refractivity contribution is 5.94. The van der Waals surface area contributed by atoms with Gasteiger partial charge in [-0.05, 0) is 26.0 Å². The molecule has 0 aliphatic rings. The molecule has 0 aliphatic heterocycles. The van der Waals surface area contributed by atoms with E-state index in [4.69, 9.17) is 25.4 Å². The fourth-order valence-corrected chi connectivity index (χ4v) is 1.89. The fourth-order valence-electron chi connectivity index (χ4n) is 1.89. The number of nitrogens with one attached hydrogen (secondary N) is 2. The van der Waals surface area contributed by atoms with Crippen LogP contribution in [0, 0.1) is 12.3 Å². The van der Waals surface area contributed by atoms with Crippen molar-refractivity contribution in [3.8, 4) is 12.3 Å². The van der Waals surface area contributed by atoms with Crippen LogP contribution in [0.2, 0.25) is 0 Å².